The second-order valence-electron chi connectivity index (χ2n) is 6.92. The SMILES string of the molecule is O=C1N/C(=C\c2ccc(OCc3ccccc3F)cc2)C(=O)N1Cc1ccccc1F. The Balaban J connectivity index is 1.42. The van der Waals surface area contributed by atoms with Crippen molar-refractivity contribution in [3.05, 3.63) is 107 Å². The minimum absolute atomic E-state index is 0.0899. The van der Waals surface area contributed by atoms with Crippen molar-refractivity contribution in [2.45, 2.75) is 13.2 Å². The van der Waals surface area contributed by atoms with Gasteiger partial charge in [0.2, 0.25) is 0 Å². The van der Waals surface area contributed by atoms with Crippen molar-refractivity contribution in [2.75, 3.05) is 0 Å². The Labute approximate surface area is 177 Å². The summed E-state index contributed by atoms with van der Waals surface area (Å²) < 4.78 is 33.1. The molecular formula is C24H18F2N2O3. The normalized spacial score (nSPS) is 14.8. The van der Waals surface area contributed by atoms with Crippen LogP contribution in [0.1, 0.15) is 16.7 Å². The van der Waals surface area contributed by atoms with Crippen LogP contribution in [0, 0.1) is 11.6 Å². The Morgan fingerprint density at radius 3 is 2.10 bits per heavy atom. The number of hydrogen-bond donors (Lipinski definition) is 1. The van der Waals surface area contributed by atoms with Crippen LogP contribution in [-0.2, 0) is 17.9 Å². The molecule has 0 spiro atoms. The molecule has 1 heterocycles. The first-order chi connectivity index (χ1) is 15.0. The number of amides is 3. The van der Waals surface area contributed by atoms with Crippen LogP contribution in [0.5, 0.6) is 5.75 Å². The summed E-state index contributed by atoms with van der Waals surface area (Å²) in [6, 6.07) is 18.5. The van der Waals surface area contributed by atoms with Gasteiger partial charge in [0, 0.05) is 11.1 Å². The van der Waals surface area contributed by atoms with Gasteiger partial charge in [-0.25, -0.2) is 13.6 Å². The molecule has 3 aromatic rings. The Kier molecular flexibility index (Phi) is 5.75. The minimum Gasteiger partial charge on any atom is -0.489 e. The van der Waals surface area contributed by atoms with Gasteiger partial charge >= 0.3 is 6.03 Å². The predicted molar refractivity (Wildman–Crippen MR) is 111 cm³/mol. The monoisotopic (exact) mass is 420 g/mol. The molecule has 0 atom stereocenters. The van der Waals surface area contributed by atoms with E-state index < -0.39 is 17.8 Å². The quantitative estimate of drug-likeness (QED) is 0.467. The highest BCUT2D eigenvalue weighted by atomic mass is 19.1. The van der Waals surface area contributed by atoms with Crippen LogP contribution >= 0.6 is 0 Å². The molecule has 5 nitrogen and oxygen atoms in total. The molecule has 4 rings (SSSR count). The summed E-state index contributed by atoms with van der Waals surface area (Å²) >= 11 is 0. The van der Waals surface area contributed by atoms with E-state index in [1.807, 2.05) is 0 Å². The number of carbonyl (C=O) groups excluding carboxylic acids is 2. The Morgan fingerprint density at radius 2 is 1.45 bits per heavy atom. The first kappa shape index (κ1) is 20.3. The van der Waals surface area contributed by atoms with Gasteiger partial charge in [-0.3, -0.25) is 9.69 Å². The standard InChI is InChI=1S/C24H18F2N2O3/c25-20-7-3-1-5-17(20)14-28-23(29)22(27-24(28)30)13-16-9-11-19(12-10-16)31-15-18-6-2-4-8-21(18)26/h1-13H,14-15H2,(H,27,30)/b22-13-. The molecule has 0 radical (unpaired) electrons. The van der Waals surface area contributed by atoms with Crippen molar-refractivity contribution in [3.63, 3.8) is 0 Å². The van der Waals surface area contributed by atoms with Gasteiger partial charge < -0.3 is 10.1 Å². The highest BCUT2D eigenvalue weighted by molar-refractivity contribution is 6.13. The number of imide groups is 1. The highest BCUT2D eigenvalue weighted by Gasteiger charge is 2.33. The fourth-order valence-electron chi connectivity index (χ4n) is 3.12. The molecule has 1 aliphatic rings. The van der Waals surface area contributed by atoms with Gasteiger partial charge in [0.05, 0.1) is 6.54 Å². The third-order valence-electron chi connectivity index (χ3n) is 4.79. The molecule has 1 aliphatic heterocycles. The van der Waals surface area contributed by atoms with Gasteiger partial charge in [0.25, 0.3) is 5.91 Å². The fraction of sp³-hybridized carbons (Fsp3) is 0.0833. The van der Waals surface area contributed by atoms with Crippen LogP contribution in [0.15, 0.2) is 78.5 Å². The number of rotatable bonds is 6. The van der Waals surface area contributed by atoms with Crippen molar-refractivity contribution < 1.29 is 23.1 Å². The van der Waals surface area contributed by atoms with E-state index in [0.717, 1.165) is 4.90 Å². The van der Waals surface area contributed by atoms with E-state index in [4.69, 9.17) is 4.74 Å². The lowest BCUT2D eigenvalue weighted by atomic mass is 10.1. The Hall–Kier alpha value is -4.00. The Morgan fingerprint density at radius 1 is 0.839 bits per heavy atom. The third-order valence-corrected chi connectivity index (χ3v) is 4.79. The molecule has 0 bridgehead atoms. The molecule has 3 aromatic carbocycles. The molecule has 0 aromatic heterocycles. The second kappa shape index (κ2) is 8.79. The summed E-state index contributed by atoms with van der Waals surface area (Å²) in [6.45, 7) is -0.0653. The van der Waals surface area contributed by atoms with Gasteiger partial charge in [0.1, 0.15) is 29.7 Å². The van der Waals surface area contributed by atoms with Crippen LogP contribution in [0.4, 0.5) is 13.6 Å². The predicted octanol–water partition coefficient (Wildman–Crippen LogP) is 4.64. The van der Waals surface area contributed by atoms with Crippen LogP contribution < -0.4 is 10.1 Å². The number of nitrogens with zero attached hydrogens (tertiary/aromatic N) is 1. The topological polar surface area (TPSA) is 58.6 Å². The van der Waals surface area contributed by atoms with E-state index in [0.29, 0.717) is 16.9 Å². The van der Waals surface area contributed by atoms with Gasteiger partial charge in [0.15, 0.2) is 0 Å². The van der Waals surface area contributed by atoms with E-state index >= 15 is 0 Å². The summed E-state index contributed by atoms with van der Waals surface area (Å²) in [5.74, 6) is -0.813. The summed E-state index contributed by atoms with van der Waals surface area (Å²) in [6.07, 6.45) is 1.53. The van der Waals surface area contributed by atoms with Crippen molar-refractivity contribution in [1.82, 2.24) is 10.2 Å². The summed E-state index contributed by atoms with van der Waals surface area (Å²) in [7, 11) is 0. The van der Waals surface area contributed by atoms with Gasteiger partial charge in [-0.1, -0.05) is 48.5 Å². The van der Waals surface area contributed by atoms with Crippen LogP contribution in [0.25, 0.3) is 6.08 Å². The number of carbonyl (C=O) groups is 2. The average molecular weight is 420 g/mol. The van der Waals surface area contributed by atoms with Gasteiger partial charge in [-0.05, 0) is 35.9 Å². The van der Waals surface area contributed by atoms with Crippen molar-refractivity contribution >= 4 is 18.0 Å². The lowest BCUT2D eigenvalue weighted by Gasteiger charge is -2.12. The number of nitrogens with one attached hydrogen (secondary N) is 1. The zero-order valence-corrected chi connectivity index (χ0v) is 16.3. The highest BCUT2D eigenvalue weighted by Crippen LogP contribution is 2.20. The lowest BCUT2D eigenvalue weighted by molar-refractivity contribution is -0.123. The molecular weight excluding hydrogens is 402 g/mol. The first-order valence-electron chi connectivity index (χ1n) is 9.55. The van der Waals surface area contributed by atoms with Gasteiger partial charge in [-0.15, -0.1) is 0 Å². The average Bonchev–Trinajstić information content (AvgIpc) is 3.03. The van der Waals surface area contributed by atoms with E-state index in [1.54, 1.807) is 54.6 Å². The van der Waals surface area contributed by atoms with E-state index in [1.165, 1.54) is 24.3 Å². The lowest BCUT2D eigenvalue weighted by Crippen LogP contribution is -2.30. The molecule has 7 heteroatoms. The van der Waals surface area contributed by atoms with E-state index in [9.17, 15) is 18.4 Å². The molecule has 1 fully saturated rings. The van der Waals surface area contributed by atoms with Crippen molar-refractivity contribution in [2.24, 2.45) is 0 Å². The number of hydrogen-bond acceptors (Lipinski definition) is 3. The molecule has 3 amide bonds. The summed E-state index contributed by atoms with van der Waals surface area (Å²) in [5, 5.41) is 2.51. The zero-order chi connectivity index (χ0) is 21.8. The van der Waals surface area contributed by atoms with Crippen molar-refractivity contribution in [1.29, 1.82) is 0 Å². The maximum absolute atomic E-state index is 13.9. The molecule has 1 N–H and O–H groups in total. The van der Waals surface area contributed by atoms with Crippen LogP contribution in [0.3, 0.4) is 0 Å². The second-order valence-corrected chi connectivity index (χ2v) is 6.92. The number of urea groups is 1. The molecule has 1 saturated heterocycles. The molecule has 156 valence electrons. The van der Waals surface area contributed by atoms with Crippen LogP contribution in [0.2, 0.25) is 0 Å². The van der Waals surface area contributed by atoms with Crippen LogP contribution in [-0.4, -0.2) is 16.8 Å². The summed E-state index contributed by atoms with van der Waals surface area (Å²) in [5.41, 5.74) is 1.46. The maximum Gasteiger partial charge on any atom is 0.329 e. The molecule has 0 unspecified atom stereocenters. The minimum atomic E-state index is -0.607. The Bertz CT molecular complexity index is 1160. The van der Waals surface area contributed by atoms with Gasteiger partial charge in [-0.2, -0.15) is 0 Å². The zero-order valence-electron chi connectivity index (χ0n) is 16.3. The summed E-state index contributed by atoms with van der Waals surface area (Å²) in [4.78, 5) is 25.7. The largest absolute Gasteiger partial charge is 0.489 e. The fourth-order valence-corrected chi connectivity index (χ4v) is 3.12. The molecule has 0 aliphatic carbocycles. The smallest absolute Gasteiger partial charge is 0.329 e. The number of benzene rings is 3. The maximum atomic E-state index is 13.9. The first-order valence-corrected chi connectivity index (χ1v) is 9.55. The number of halogens is 2. The van der Waals surface area contributed by atoms with Crippen molar-refractivity contribution in [3.8, 4) is 5.75 Å². The molecule has 0 saturated carbocycles. The molecule has 31 heavy (non-hydrogen) atoms. The third kappa shape index (κ3) is 4.61. The number of ether oxygens (including phenoxy) is 1. The van der Waals surface area contributed by atoms with E-state index in [-0.39, 0.29) is 30.2 Å². The van der Waals surface area contributed by atoms with E-state index in [2.05, 4.69) is 5.32 Å².